The van der Waals surface area contributed by atoms with Crippen molar-refractivity contribution in [1.29, 1.82) is 0 Å². The summed E-state index contributed by atoms with van der Waals surface area (Å²) in [6, 6.07) is 2.96. The second-order valence-electron chi connectivity index (χ2n) is 7.68. The lowest BCUT2D eigenvalue weighted by Gasteiger charge is -2.36. The molecule has 0 spiro atoms. The lowest BCUT2D eigenvalue weighted by Crippen LogP contribution is -2.58. The largest absolute Gasteiger partial charge is 0.598 e. The van der Waals surface area contributed by atoms with Gasteiger partial charge < -0.3 is 9.29 Å². The van der Waals surface area contributed by atoms with Gasteiger partial charge in [0.2, 0.25) is 0 Å². The van der Waals surface area contributed by atoms with Crippen molar-refractivity contribution in [3.8, 4) is 0 Å². The number of carbonyl (C=O) groups is 1. The molecule has 1 aromatic rings. The quantitative estimate of drug-likeness (QED) is 0.612. The van der Waals surface area contributed by atoms with Crippen LogP contribution in [0.2, 0.25) is 0 Å². The molecule has 1 aromatic carbocycles. The second kappa shape index (κ2) is 7.21. The molecule has 1 aliphatic rings. The number of esters is 1. The molecule has 2 atom stereocenters. The molecule has 1 saturated carbocycles. The first-order chi connectivity index (χ1) is 11.5. The van der Waals surface area contributed by atoms with Gasteiger partial charge in [-0.3, -0.25) is 0 Å². The van der Waals surface area contributed by atoms with Crippen LogP contribution in [0.15, 0.2) is 18.2 Å². The normalized spacial score (nSPS) is 18.8. The predicted molar refractivity (Wildman–Crippen MR) is 93.0 cm³/mol. The Balaban J connectivity index is 2.57. The fraction of sp³-hybridized carbons (Fsp3) is 0.611. The summed E-state index contributed by atoms with van der Waals surface area (Å²) >= 11 is -1.63. The Bertz CT molecular complexity index is 623. The van der Waals surface area contributed by atoms with Crippen LogP contribution in [-0.2, 0) is 26.4 Å². The van der Waals surface area contributed by atoms with Gasteiger partial charge in [-0.05, 0) is 71.1 Å². The van der Waals surface area contributed by atoms with E-state index in [-0.39, 0.29) is 11.5 Å². The van der Waals surface area contributed by atoms with Gasteiger partial charge in [-0.1, -0.05) is 0 Å². The van der Waals surface area contributed by atoms with Crippen LogP contribution in [-0.4, -0.2) is 21.4 Å². The zero-order chi connectivity index (χ0) is 19.0. The van der Waals surface area contributed by atoms with Gasteiger partial charge in [-0.15, -0.1) is 4.72 Å². The van der Waals surface area contributed by atoms with E-state index in [0.29, 0.717) is 12.8 Å². The van der Waals surface area contributed by atoms with Crippen molar-refractivity contribution in [3.63, 3.8) is 0 Å². The molecule has 0 aromatic heterocycles. The van der Waals surface area contributed by atoms with Crippen molar-refractivity contribution >= 4 is 17.3 Å². The maximum atomic E-state index is 13.8. The molecule has 1 unspecified atom stereocenters. The molecule has 0 bridgehead atoms. The van der Waals surface area contributed by atoms with Crippen molar-refractivity contribution in [3.05, 3.63) is 35.4 Å². The number of carbonyl (C=O) groups excluding carboxylic acids is 1. The maximum Gasteiger partial charge on any atom is 0.336 e. The highest BCUT2D eigenvalue weighted by molar-refractivity contribution is 7.90. The number of nitrogens with one attached hydrogen (secondary N) is 1. The molecular weight excluding hydrogens is 348 g/mol. The fourth-order valence-electron chi connectivity index (χ4n) is 2.61. The summed E-state index contributed by atoms with van der Waals surface area (Å²) < 4.78 is 48.0. The summed E-state index contributed by atoms with van der Waals surface area (Å²) in [6.07, 6.45) is 0.952. The van der Waals surface area contributed by atoms with E-state index in [4.69, 9.17) is 4.74 Å². The molecule has 0 radical (unpaired) electrons. The number of hydrogen-bond donors (Lipinski definition) is 1. The van der Waals surface area contributed by atoms with Crippen LogP contribution in [0.25, 0.3) is 0 Å². The van der Waals surface area contributed by atoms with Gasteiger partial charge in [0.05, 0.1) is 6.10 Å². The minimum Gasteiger partial charge on any atom is -0.598 e. The van der Waals surface area contributed by atoms with Gasteiger partial charge in [0.1, 0.15) is 16.4 Å². The monoisotopic (exact) mass is 373 g/mol. The average Bonchev–Trinajstić information content (AvgIpc) is 3.26. The highest BCUT2D eigenvalue weighted by Gasteiger charge is 2.58. The highest BCUT2D eigenvalue weighted by Crippen LogP contribution is 2.48. The molecular formula is C18H25F2NO3S. The first-order valence-electron chi connectivity index (χ1n) is 8.34. The SMILES string of the molecule is CC(C)OC(=O)[C@](N[S+]([O-])C(C)(C)C)(c1cc(F)cc(F)c1)C1CC1. The Morgan fingerprint density at radius 3 is 2.16 bits per heavy atom. The number of rotatable bonds is 6. The van der Waals surface area contributed by atoms with Crippen molar-refractivity contribution in [2.24, 2.45) is 5.92 Å². The standard InChI is InChI=1S/C18H25F2NO3S/c1-11(2)24-16(22)18(12-6-7-12,21-25(23)17(3,4)5)13-8-14(19)10-15(20)9-13/h8-12,21H,6-7H2,1-5H3/t18-,25?/m1/s1. The third-order valence-corrected chi connectivity index (χ3v) is 5.60. The fourth-order valence-corrected chi connectivity index (χ4v) is 3.57. The van der Waals surface area contributed by atoms with Crippen molar-refractivity contribution in [2.45, 2.75) is 63.9 Å². The minimum absolute atomic E-state index is 0.107. The maximum absolute atomic E-state index is 13.8. The third-order valence-electron chi connectivity index (χ3n) is 3.98. The van der Waals surface area contributed by atoms with E-state index in [1.54, 1.807) is 34.6 Å². The van der Waals surface area contributed by atoms with Crippen LogP contribution in [0.4, 0.5) is 8.78 Å². The van der Waals surface area contributed by atoms with Gasteiger partial charge in [0, 0.05) is 17.4 Å². The lowest BCUT2D eigenvalue weighted by molar-refractivity contribution is -0.156. The Morgan fingerprint density at radius 2 is 1.76 bits per heavy atom. The van der Waals surface area contributed by atoms with Crippen molar-refractivity contribution < 1.29 is 22.9 Å². The van der Waals surface area contributed by atoms with Crippen molar-refractivity contribution in [2.75, 3.05) is 0 Å². The molecule has 7 heteroatoms. The van der Waals surface area contributed by atoms with Crippen LogP contribution in [0.1, 0.15) is 53.0 Å². The summed E-state index contributed by atoms with van der Waals surface area (Å²) in [5.41, 5.74) is -1.43. The second-order valence-corrected chi connectivity index (χ2v) is 9.64. The van der Waals surface area contributed by atoms with Gasteiger partial charge in [0.15, 0.2) is 5.54 Å². The zero-order valence-electron chi connectivity index (χ0n) is 15.2. The summed E-state index contributed by atoms with van der Waals surface area (Å²) in [7, 11) is 0. The first kappa shape index (κ1) is 20.1. The van der Waals surface area contributed by atoms with Gasteiger partial charge >= 0.3 is 5.97 Å². The van der Waals surface area contributed by atoms with Crippen molar-refractivity contribution in [1.82, 2.24) is 4.72 Å². The predicted octanol–water partition coefficient (Wildman–Crippen LogP) is 3.57. The number of benzene rings is 1. The molecule has 1 aliphatic carbocycles. The zero-order valence-corrected chi connectivity index (χ0v) is 16.0. The topological polar surface area (TPSA) is 61.4 Å². The van der Waals surface area contributed by atoms with Gasteiger partial charge in [-0.2, -0.15) is 0 Å². The summed E-state index contributed by atoms with van der Waals surface area (Å²) in [5.74, 6) is -2.47. The van der Waals surface area contributed by atoms with Crippen LogP contribution in [0.3, 0.4) is 0 Å². The smallest absolute Gasteiger partial charge is 0.336 e. The van der Waals surface area contributed by atoms with E-state index < -0.39 is 45.4 Å². The molecule has 0 saturated heterocycles. The Kier molecular flexibility index (Phi) is 5.81. The van der Waals surface area contributed by atoms with Crippen LogP contribution >= 0.6 is 0 Å². The Labute approximate surface area is 150 Å². The average molecular weight is 373 g/mol. The number of ether oxygens (including phenoxy) is 1. The van der Waals surface area contributed by atoms with Crippen LogP contribution in [0.5, 0.6) is 0 Å². The number of hydrogen-bond acceptors (Lipinski definition) is 4. The molecule has 25 heavy (non-hydrogen) atoms. The van der Waals surface area contributed by atoms with E-state index in [0.717, 1.165) is 18.2 Å². The lowest BCUT2D eigenvalue weighted by atomic mass is 9.85. The molecule has 0 amide bonds. The molecule has 0 heterocycles. The first-order valence-corrected chi connectivity index (χ1v) is 9.49. The molecule has 4 nitrogen and oxygen atoms in total. The van der Waals surface area contributed by atoms with E-state index in [9.17, 15) is 18.1 Å². The molecule has 140 valence electrons. The summed E-state index contributed by atoms with van der Waals surface area (Å²) in [6.45, 7) is 8.67. The molecule has 1 N–H and O–H groups in total. The summed E-state index contributed by atoms with van der Waals surface area (Å²) in [4.78, 5) is 13.0. The van der Waals surface area contributed by atoms with E-state index >= 15 is 0 Å². The van der Waals surface area contributed by atoms with Gasteiger partial charge in [-0.25, -0.2) is 13.6 Å². The molecule has 2 rings (SSSR count). The van der Waals surface area contributed by atoms with E-state index in [1.807, 2.05) is 0 Å². The highest BCUT2D eigenvalue weighted by atomic mass is 32.2. The van der Waals surface area contributed by atoms with Crippen LogP contribution in [0, 0.1) is 17.6 Å². The molecule has 0 aliphatic heterocycles. The summed E-state index contributed by atoms with van der Waals surface area (Å²) in [5, 5.41) is 0. The van der Waals surface area contributed by atoms with E-state index in [2.05, 4.69) is 4.72 Å². The minimum atomic E-state index is -1.63. The number of halogens is 2. The van der Waals surface area contributed by atoms with Gasteiger partial charge in [0.25, 0.3) is 0 Å². The van der Waals surface area contributed by atoms with E-state index in [1.165, 1.54) is 0 Å². The van der Waals surface area contributed by atoms with Crippen LogP contribution < -0.4 is 4.72 Å². The Morgan fingerprint density at radius 1 is 1.24 bits per heavy atom. The third kappa shape index (κ3) is 4.51. The Hall–Kier alpha value is -1.18. The molecule has 1 fully saturated rings.